The maximum absolute atomic E-state index is 5.85. The molecule has 1 atom stereocenters. The van der Waals surface area contributed by atoms with Crippen molar-refractivity contribution < 1.29 is 9.15 Å². The second-order valence-corrected chi connectivity index (χ2v) is 6.87. The van der Waals surface area contributed by atoms with Gasteiger partial charge >= 0.3 is 0 Å². The third kappa shape index (κ3) is 3.82. The van der Waals surface area contributed by atoms with Crippen molar-refractivity contribution in [2.75, 3.05) is 19.7 Å². The highest BCUT2D eigenvalue weighted by atomic mass is 16.5. The summed E-state index contributed by atoms with van der Waals surface area (Å²) in [4.78, 5) is 6.53. The van der Waals surface area contributed by atoms with E-state index >= 15 is 0 Å². The SMILES string of the molecule is c1cncc(-c2nnc(CN(CC3CCC3)C[C@@H]3CCCO3)o2)c1. The molecule has 24 heavy (non-hydrogen) atoms. The number of aromatic nitrogens is 3. The highest BCUT2D eigenvalue weighted by Crippen LogP contribution is 2.28. The fourth-order valence-electron chi connectivity index (χ4n) is 3.44. The normalized spacial score (nSPS) is 21.3. The van der Waals surface area contributed by atoms with E-state index < -0.39 is 0 Å². The predicted molar refractivity (Wildman–Crippen MR) is 89.1 cm³/mol. The van der Waals surface area contributed by atoms with Gasteiger partial charge in [-0.1, -0.05) is 6.42 Å². The first kappa shape index (κ1) is 15.7. The molecule has 1 saturated heterocycles. The molecule has 128 valence electrons. The minimum absolute atomic E-state index is 0.353. The molecule has 0 aromatic carbocycles. The van der Waals surface area contributed by atoms with Gasteiger partial charge < -0.3 is 9.15 Å². The molecule has 3 heterocycles. The summed E-state index contributed by atoms with van der Waals surface area (Å²) in [5.41, 5.74) is 0.862. The molecule has 6 heteroatoms. The van der Waals surface area contributed by atoms with Crippen LogP contribution in [-0.4, -0.2) is 45.9 Å². The molecule has 2 aliphatic rings. The third-order valence-electron chi connectivity index (χ3n) is 4.96. The average molecular weight is 328 g/mol. The summed E-state index contributed by atoms with van der Waals surface area (Å²) in [5.74, 6) is 2.03. The minimum Gasteiger partial charge on any atom is -0.419 e. The quantitative estimate of drug-likeness (QED) is 0.779. The molecule has 0 bridgehead atoms. The largest absolute Gasteiger partial charge is 0.419 e. The summed E-state index contributed by atoms with van der Waals surface area (Å²) in [6, 6.07) is 3.81. The zero-order valence-corrected chi connectivity index (χ0v) is 13.9. The Morgan fingerprint density at radius 3 is 2.79 bits per heavy atom. The van der Waals surface area contributed by atoms with Crippen LogP contribution in [0.1, 0.15) is 38.0 Å². The first-order valence-corrected chi connectivity index (χ1v) is 8.93. The standard InChI is InChI=1S/C18H24N4O2/c1-4-14(5-1)11-22(12-16-7-3-9-23-16)13-17-20-21-18(24-17)15-6-2-8-19-10-15/h2,6,8,10,14,16H,1,3-5,7,9,11-13H2/t16-/m0/s1. The lowest BCUT2D eigenvalue weighted by Crippen LogP contribution is -2.37. The van der Waals surface area contributed by atoms with Gasteiger partial charge in [0.1, 0.15) is 0 Å². The van der Waals surface area contributed by atoms with Crippen LogP contribution in [0.2, 0.25) is 0 Å². The van der Waals surface area contributed by atoms with Gasteiger partial charge in [0.2, 0.25) is 11.8 Å². The van der Waals surface area contributed by atoms with Crippen molar-refractivity contribution in [2.24, 2.45) is 5.92 Å². The average Bonchev–Trinajstić information content (AvgIpc) is 3.23. The Bertz CT molecular complexity index is 635. The molecular weight excluding hydrogens is 304 g/mol. The maximum atomic E-state index is 5.85. The van der Waals surface area contributed by atoms with Gasteiger partial charge in [-0.05, 0) is 43.7 Å². The fourth-order valence-corrected chi connectivity index (χ4v) is 3.44. The smallest absolute Gasteiger partial charge is 0.249 e. The van der Waals surface area contributed by atoms with Crippen LogP contribution in [0.4, 0.5) is 0 Å². The van der Waals surface area contributed by atoms with Gasteiger partial charge in [-0.3, -0.25) is 9.88 Å². The molecule has 0 amide bonds. The van der Waals surface area contributed by atoms with Gasteiger partial charge in [0.05, 0.1) is 18.2 Å². The van der Waals surface area contributed by atoms with Crippen molar-refractivity contribution in [1.29, 1.82) is 0 Å². The molecule has 1 aliphatic carbocycles. The van der Waals surface area contributed by atoms with Crippen LogP contribution < -0.4 is 0 Å². The Labute approximate surface area is 142 Å². The molecular formula is C18H24N4O2. The molecule has 1 aliphatic heterocycles. The topological polar surface area (TPSA) is 64.3 Å². The van der Waals surface area contributed by atoms with E-state index in [0.717, 1.165) is 37.6 Å². The Morgan fingerprint density at radius 2 is 2.08 bits per heavy atom. The van der Waals surface area contributed by atoms with E-state index in [1.807, 2.05) is 12.1 Å². The summed E-state index contributed by atoms with van der Waals surface area (Å²) >= 11 is 0. The van der Waals surface area contributed by atoms with Crippen molar-refractivity contribution in [2.45, 2.75) is 44.8 Å². The zero-order valence-electron chi connectivity index (χ0n) is 13.9. The molecule has 6 nitrogen and oxygen atoms in total. The Kier molecular flexibility index (Phi) is 4.85. The molecule has 0 unspecified atom stereocenters. The monoisotopic (exact) mass is 328 g/mol. The number of nitrogens with zero attached hydrogens (tertiary/aromatic N) is 4. The Morgan fingerprint density at radius 1 is 1.12 bits per heavy atom. The highest BCUT2D eigenvalue weighted by Gasteiger charge is 2.25. The molecule has 2 fully saturated rings. The van der Waals surface area contributed by atoms with Crippen molar-refractivity contribution in [3.63, 3.8) is 0 Å². The second kappa shape index (κ2) is 7.40. The molecule has 4 rings (SSSR count). The van der Waals surface area contributed by atoms with E-state index in [1.165, 1.54) is 25.7 Å². The predicted octanol–water partition coefficient (Wildman–Crippen LogP) is 2.91. The Balaban J connectivity index is 1.42. The lowest BCUT2D eigenvalue weighted by Gasteiger charge is -2.32. The van der Waals surface area contributed by atoms with Gasteiger partial charge in [0.25, 0.3) is 0 Å². The number of ether oxygens (including phenoxy) is 1. The number of hydrogen-bond donors (Lipinski definition) is 0. The van der Waals surface area contributed by atoms with E-state index in [-0.39, 0.29) is 0 Å². The first-order valence-electron chi connectivity index (χ1n) is 8.93. The first-order chi connectivity index (χ1) is 11.9. The van der Waals surface area contributed by atoms with Crippen molar-refractivity contribution in [3.8, 4) is 11.5 Å². The zero-order chi connectivity index (χ0) is 16.2. The summed E-state index contributed by atoms with van der Waals surface area (Å²) < 4.78 is 11.7. The summed E-state index contributed by atoms with van der Waals surface area (Å²) in [7, 11) is 0. The Hall–Kier alpha value is -1.79. The van der Waals surface area contributed by atoms with E-state index in [9.17, 15) is 0 Å². The van der Waals surface area contributed by atoms with Gasteiger partial charge in [0, 0.05) is 32.1 Å². The van der Waals surface area contributed by atoms with Gasteiger partial charge in [-0.15, -0.1) is 10.2 Å². The molecule has 2 aromatic heterocycles. The van der Waals surface area contributed by atoms with Crippen LogP contribution in [0.5, 0.6) is 0 Å². The molecule has 2 aromatic rings. The van der Waals surface area contributed by atoms with Gasteiger partial charge in [-0.25, -0.2) is 0 Å². The maximum Gasteiger partial charge on any atom is 0.249 e. The van der Waals surface area contributed by atoms with E-state index in [2.05, 4.69) is 20.1 Å². The third-order valence-corrected chi connectivity index (χ3v) is 4.96. The van der Waals surface area contributed by atoms with Crippen molar-refractivity contribution in [1.82, 2.24) is 20.1 Å². The molecule has 0 spiro atoms. The van der Waals surface area contributed by atoms with E-state index in [1.54, 1.807) is 12.4 Å². The van der Waals surface area contributed by atoms with Crippen LogP contribution >= 0.6 is 0 Å². The molecule has 0 N–H and O–H groups in total. The number of rotatable bonds is 7. The number of pyridine rings is 1. The second-order valence-electron chi connectivity index (χ2n) is 6.87. The van der Waals surface area contributed by atoms with E-state index in [0.29, 0.717) is 24.4 Å². The highest BCUT2D eigenvalue weighted by molar-refractivity contribution is 5.49. The molecule has 0 radical (unpaired) electrons. The minimum atomic E-state index is 0.353. The van der Waals surface area contributed by atoms with Crippen molar-refractivity contribution >= 4 is 0 Å². The summed E-state index contributed by atoms with van der Waals surface area (Å²) in [5, 5.41) is 8.40. The van der Waals surface area contributed by atoms with Crippen LogP contribution in [0, 0.1) is 5.92 Å². The number of hydrogen-bond acceptors (Lipinski definition) is 6. The lowest BCUT2D eigenvalue weighted by molar-refractivity contribution is 0.0547. The van der Waals surface area contributed by atoms with Crippen LogP contribution in [0.3, 0.4) is 0 Å². The summed E-state index contributed by atoms with van der Waals surface area (Å²) in [6.07, 6.45) is 10.2. The molecule has 1 saturated carbocycles. The summed E-state index contributed by atoms with van der Waals surface area (Å²) in [6.45, 7) is 3.66. The van der Waals surface area contributed by atoms with Crippen LogP contribution in [0.25, 0.3) is 11.5 Å². The lowest BCUT2D eigenvalue weighted by atomic mass is 9.85. The van der Waals surface area contributed by atoms with Gasteiger partial charge in [0.15, 0.2) is 0 Å². The van der Waals surface area contributed by atoms with Gasteiger partial charge in [-0.2, -0.15) is 0 Å². The van der Waals surface area contributed by atoms with E-state index in [4.69, 9.17) is 9.15 Å². The fraction of sp³-hybridized carbons (Fsp3) is 0.611. The van der Waals surface area contributed by atoms with Crippen LogP contribution in [0.15, 0.2) is 28.9 Å². The van der Waals surface area contributed by atoms with Crippen molar-refractivity contribution in [3.05, 3.63) is 30.4 Å². The van der Waals surface area contributed by atoms with Crippen LogP contribution in [-0.2, 0) is 11.3 Å².